The maximum absolute atomic E-state index is 12.6. The second-order valence-corrected chi connectivity index (χ2v) is 8.06. The number of rotatable bonds is 0. The van der Waals surface area contributed by atoms with Gasteiger partial charge in [-0.15, -0.1) is 0 Å². The van der Waals surface area contributed by atoms with Gasteiger partial charge in [0.2, 0.25) is 5.91 Å². The van der Waals surface area contributed by atoms with E-state index in [0.29, 0.717) is 59.7 Å². The first-order valence-corrected chi connectivity index (χ1v) is 10.9. The summed E-state index contributed by atoms with van der Waals surface area (Å²) in [5.41, 5.74) is 1.77. The number of nitrogens with one attached hydrogen (secondary N) is 3. The Morgan fingerprint density at radius 1 is 1.16 bits per heavy atom. The minimum absolute atomic E-state index is 0.0162. The van der Waals surface area contributed by atoms with Crippen LogP contribution in [0.25, 0.3) is 5.57 Å². The molecule has 0 radical (unpaired) electrons. The number of likely N-dealkylation sites (N-methyl/N-ethyl adjacent to an activating group) is 1. The molecule has 0 saturated carbocycles. The summed E-state index contributed by atoms with van der Waals surface area (Å²) in [5.74, 6) is 1.37. The van der Waals surface area contributed by atoms with E-state index in [2.05, 4.69) is 25.9 Å². The first-order chi connectivity index (χ1) is 15.5. The van der Waals surface area contributed by atoms with Crippen LogP contribution in [0.4, 0.5) is 17.3 Å². The number of hydrogen-bond donors (Lipinski definition) is 3. The van der Waals surface area contributed by atoms with E-state index in [4.69, 9.17) is 16.3 Å². The maximum atomic E-state index is 12.6. The quantitative estimate of drug-likeness (QED) is 0.559. The van der Waals surface area contributed by atoms with Crippen LogP contribution in [0, 0.1) is 0 Å². The van der Waals surface area contributed by atoms with E-state index in [9.17, 15) is 9.59 Å². The molecule has 0 atom stereocenters. The predicted molar refractivity (Wildman–Crippen MR) is 124 cm³/mol. The third-order valence-corrected chi connectivity index (χ3v) is 5.64. The Bertz CT molecular complexity index is 1060. The molecule has 1 aromatic heterocycles. The summed E-state index contributed by atoms with van der Waals surface area (Å²) in [6, 6.07) is 5.35. The Balaban J connectivity index is 1.66. The van der Waals surface area contributed by atoms with Crippen LogP contribution in [0.15, 0.2) is 30.7 Å². The molecule has 2 aliphatic rings. The Kier molecular flexibility index (Phi) is 6.75. The molecule has 168 valence electrons. The van der Waals surface area contributed by atoms with Crippen molar-refractivity contribution in [3.63, 3.8) is 0 Å². The number of amides is 2. The van der Waals surface area contributed by atoms with Crippen LogP contribution in [-0.4, -0.2) is 48.5 Å². The summed E-state index contributed by atoms with van der Waals surface area (Å²) < 4.78 is 5.83. The monoisotopic (exact) mass is 456 g/mol. The number of halogens is 1. The van der Waals surface area contributed by atoms with Gasteiger partial charge in [0.25, 0.3) is 5.91 Å². The van der Waals surface area contributed by atoms with Gasteiger partial charge >= 0.3 is 0 Å². The van der Waals surface area contributed by atoms with Crippen LogP contribution in [-0.2, 0) is 9.59 Å². The van der Waals surface area contributed by atoms with Crippen LogP contribution in [0.2, 0.25) is 5.02 Å². The van der Waals surface area contributed by atoms with Crippen molar-refractivity contribution in [1.29, 1.82) is 0 Å². The lowest BCUT2D eigenvalue weighted by atomic mass is 10.1. The molecule has 32 heavy (non-hydrogen) atoms. The Morgan fingerprint density at radius 2 is 2.03 bits per heavy atom. The van der Waals surface area contributed by atoms with Crippen molar-refractivity contribution in [1.82, 2.24) is 15.3 Å². The van der Waals surface area contributed by atoms with Crippen molar-refractivity contribution in [3.8, 4) is 5.75 Å². The molecular weight excluding hydrogens is 432 g/mol. The molecule has 2 amide bonds. The topological polar surface area (TPSA) is 108 Å². The fourth-order valence-corrected chi connectivity index (χ4v) is 3.77. The van der Waals surface area contributed by atoms with Gasteiger partial charge < -0.3 is 25.6 Å². The zero-order chi connectivity index (χ0) is 22.5. The third kappa shape index (κ3) is 4.94. The molecule has 9 nitrogen and oxygen atoms in total. The van der Waals surface area contributed by atoms with Crippen LogP contribution < -0.4 is 25.6 Å². The van der Waals surface area contributed by atoms with Gasteiger partial charge in [0.15, 0.2) is 0 Å². The van der Waals surface area contributed by atoms with E-state index in [-0.39, 0.29) is 11.8 Å². The molecule has 2 aliphatic heterocycles. The fourth-order valence-electron chi connectivity index (χ4n) is 3.60. The highest BCUT2D eigenvalue weighted by Crippen LogP contribution is 2.36. The van der Waals surface area contributed by atoms with Gasteiger partial charge in [0.1, 0.15) is 23.7 Å². The molecule has 1 aromatic carbocycles. The largest absolute Gasteiger partial charge is 0.492 e. The number of carbonyl (C=O) groups excluding carboxylic acids is 2. The standard InChI is InChI=1S/C22H25ClN6O3/c1-29-9-8-24-18(30)5-3-2-4-10-32-17-11-14(6-7-16(17)23)25-12-15-19-20(28-22(15)31)26-13-27-21(19)29/h6-7,11-13,25H,2-5,8-10H2,1H3,(H,24,30)(H,26,27,28,31)/b15-12+. The molecular formula is C22H25ClN6O3. The number of anilines is 3. The number of aromatic nitrogens is 2. The summed E-state index contributed by atoms with van der Waals surface area (Å²) in [4.78, 5) is 35.2. The Morgan fingerprint density at radius 3 is 2.91 bits per heavy atom. The first kappa shape index (κ1) is 21.9. The van der Waals surface area contributed by atoms with E-state index < -0.39 is 0 Å². The van der Waals surface area contributed by atoms with Crippen molar-refractivity contribution in [3.05, 3.63) is 41.3 Å². The average molecular weight is 457 g/mol. The molecule has 2 aromatic rings. The van der Waals surface area contributed by atoms with Gasteiger partial charge in [-0.25, -0.2) is 9.97 Å². The number of ether oxygens (including phenoxy) is 1. The highest BCUT2D eigenvalue weighted by Gasteiger charge is 2.30. The number of benzene rings is 1. The smallest absolute Gasteiger partial charge is 0.259 e. The highest BCUT2D eigenvalue weighted by molar-refractivity contribution is 6.33. The SMILES string of the molecule is CN1CCNC(=O)CCCCCOc2cc(ccc2Cl)N/C=C2/C(=O)Nc3ncnc1c32. The van der Waals surface area contributed by atoms with Gasteiger partial charge in [-0.2, -0.15) is 0 Å². The number of nitrogens with zero attached hydrogens (tertiary/aromatic N) is 3. The second-order valence-electron chi connectivity index (χ2n) is 7.65. The van der Waals surface area contributed by atoms with Gasteiger partial charge in [-0.3, -0.25) is 9.59 Å². The van der Waals surface area contributed by atoms with Crippen molar-refractivity contribution in [2.75, 3.05) is 42.3 Å². The summed E-state index contributed by atoms with van der Waals surface area (Å²) >= 11 is 6.27. The Labute approximate surface area is 191 Å². The minimum atomic E-state index is -0.271. The van der Waals surface area contributed by atoms with E-state index in [1.807, 2.05) is 18.0 Å². The van der Waals surface area contributed by atoms with Crippen LogP contribution in [0.3, 0.4) is 0 Å². The summed E-state index contributed by atoms with van der Waals surface area (Å²) in [5, 5.41) is 9.38. The molecule has 0 aliphatic carbocycles. The van der Waals surface area contributed by atoms with Gasteiger partial charge in [-0.1, -0.05) is 11.6 Å². The lowest BCUT2D eigenvalue weighted by molar-refractivity contribution is -0.121. The molecule has 2 bridgehead atoms. The molecule has 0 saturated heterocycles. The summed E-state index contributed by atoms with van der Waals surface area (Å²) in [7, 11) is 1.87. The number of fused-ring (bicyclic) bond motifs is 2. The molecule has 10 heteroatoms. The van der Waals surface area contributed by atoms with Gasteiger partial charge in [0.05, 0.1) is 22.8 Å². The Hall–Kier alpha value is -3.33. The van der Waals surface area contributed by atoms with Crippen molar-refractivity contribution >= 4 is 46.3 Å². The van der Waals surface area contributed by atoms with E-state index in [1.165, 1.54) is 6.33 Å². The molecule has 0 spiro atoms. The number of carbonyl (C=O) groups is 2. The average Bonchev–Trinajstić information content (AvgIpc) is 3.10. The first-order valence-electron chi connectivity index (χ1n) is 10.6. The summed E-state index contributed by atoms with van der Waals surface area (Å²) in [6.07, 6.45) is 6.02. The van der Waals surface area contributed by atoms with Crippen LogP contribution in [0.5, 0.6) is 5.75 Å². The van der Waals surface area contributed by atoms with Crippen molar-refractivity contribution in [2.24, 2.45) is 0 Å². The molecule has 0 unspecified atom stereocenters. The van der Waals surface area contributed by atoms with Crippen molar-refractivity contribution in [2.45, 2.75) is 25.7 Å². The van der Waals surface area contributed by atoms with Gasteiger partial charge in [0, 0.05) is 44.5 Å². The number of hydrogen-bond acceptors (Lipinski definition) is 7. The van der Waals surface area contributed by atoms with Crippen LogP contribution >= 0.6 is 11.6 Å². The van der Waals surface area contributed by atoms with E-state index in [0.717, 1.165) is 24.9 Å². The lowest BCUT2D eigenvalue weighted by Gasteiger charge is -2.20. The van der Waals surface area contributed by atoms with Crippen molar-refractivity contribution < 1.29 is 14.3 Å². The lowest BCUT2D eigenvalue weighted by Crippen LogP contribution is -2.33. The minimum Gasteiger partial charge on any atom is -0.492 e. The normalized spacial score (nSPS) is 19.1. The second kappa shape index (κ2) is 9.86. The van der Waals surface area contributed by atoms with E-state index in [1.54, 1.807) is 18.3 Å². The molecule has 3 heterocycles. The highest BCUT2D eigenvalue weighted by atomic mass is 35.5. The zero-order valence-electron chi connectivity index (χ0n) is 17.8. The van der Waals surface area contributed by atoms with Gasteiger partial charge in [-0.05, 0) is 31.4 Å². The maximum Gasteiger partial charge on any atom is 0.259 e. The predicted octanol–water partition coefficient (Wildman–Crippen LogP) is 3.04. The van der Waals surface area contributed by atoms with E-state index >= 15 is 0 Å². The van der Waals surface area contributed by atoms with Crippen LogP contribution in [0.1, 0.15) is 31.2 Å². The molecule has 4 rings (SSSR count). The molecule has 0 fully saturated rings. The fraction of sp³-hybridized carbons (Fsp3) is 0.364. The zero-order valence-corrected chi connectivity index (χ0v) is 18.5. The summed E-state index contributed by atoms with van der Waals surface area (Å²) in [6.45, 7) is 1.52. The third-order valence-electron chi connectivity index (χ3n) is 5.32. The molecule has 3 N–H and O–H groups in total.